The molecule has 1 unspecified atom stereocenters. The fourth-order valence-corrected chi connectivity index (χ4v) is 1.76. The highest BCUT2D eigenvalue weighted by molar-refractivity contribution is 7.78. The molecule has 0 aliphatic heterocycles. The molecule has 4 N–H and O–H groups in total. The van der Waals surface area contributed by atoms with Crippen LogP contribution >= 0.6 is 0 Å². The Morgan fingerprint density at radius 2 is 2.21 bits per heavy atom. The van der Waals surface area contributed by atoms with Crippen molar-refractivity contribution in [1.82, 2.24) is 4.98 Å². The molecule has 104 valence electrons. The topological polar surface area (TPSA) is 144 Å². The molecule has 9 heteroatoms. The summed E-state index contributed by atoms with van der Waals surface area (Å²) in [5.74, 6) is -1.22. The van der Waals surface area contributed by atoms with Gasteiger partial charge in [0, 0.05) is 5.75 Å². The second kappa shape index (κ2) is 6.81. The van der Waals surface area contributed by atoms with E-state index >= 15 is 0 Å². The third kappa shape index (κ3) is 4.30. The van der Waals surface area contributed by atoms with E-state index < -0.39 is 17.0 Å². The average Bonchev–Trinajstić information content (AvgIpc) is 2.35. The van der Waals surface area contributed by atoms with Crippen LogP contribution in [0.1, 0.15) is 28.7 Å². The van der Waals surface area contributed by atoms with Gasteiger partial charge in [0.1, 0.15) is 18.0 Å². The summed E-state index contributed by atoms with van der Waals surface area (Å²) in [6.45, 7) is 2.06. The predicted octanol–water partition coefficient (Wildman–Crippen LogP) is -0.784. The first-order chi connectivity index (χ1) is 8.95. The summed E-state index contributed by atoms with van der Waals surface area (Å²) in [6, 6.07) is 2.85. The Morgan fingerprint density at radius 1 is 1.53 bits per heavy atom. The minimum absolute atomic E-state index is 0.0286. The Hall–Kier alpha value is -2.00. The smallest absolute Gasteiger partial charge is 0.267 e. The molecule has 1 amide bonds. The number of primary amides is 1. The second-order valence-electron chi connectivity index (χ2n) is 3.41. The predicted molar refractivity (Wildman–Crippen MR) is 67.7 cm³/mol. The summed E-state index contributed by atoms with van der Waals surface area (Å²) in [5, 5.41) is 3.56. The van der Waals surface area contributed by atoms with Gasteiger partial charge in [-0.1, -0.05) is 22.3 Å². The first-order valence-electron chi connectivity index (χ1n) is 5.27. The van der Waals surface area contributed by atoms with Crippen LogP contribution in [0.5, 0.6) is 0 Å². The van der Waals surface area contributed by atoms with Crippen LogP contribution in [0.3, 0.4) is 0 Å². The number of hydrogen-bond acceptors (Lipinski definition) is 6. The highest BCUT2D eigenvalue weighted by atomic mass is 32.2. The lowest BCUT2D eigenvalue weighted by atomic mass is 10.2. The Bertz CT molecular complexity index is 532. The number of rotatable bonds is 6. The third-order valence-electron chi connectivity index (χ3n) is 2.04. The van der Waals surface area contributed by atoms with Crippen molar-refractivity contribution < 1.29 is 18.4 Å². The van der Waals surface area contributed by atoms with Crippen molar-refractivity contribution in [3.05, 3.63) is 29.1 Å². The van der Waals surface area contributed by atoms with Gasteiger partial charge in [-0.25, -0.2) is 4.98 Å². The van der Waals surface area contributed by atoms with Crippen molar-refractivity contribution in [3.63, 3.8) is 0 Å². The maximum Gasteiger partial charge on any atom is 0.267 e. The lowest BCUT2D eigenvalue weighted by molar-refractivity contribution is 0.0995. The Balaban J connectivity index is 3.15. The highest BCUT2D eigenvalue weighted by Crippen LogP contribution is 2.10. The molecule has 0 aliphatic carbocycles. The van der Waals surface area contributed by atoms with Gasteiger partial charge in [-0.05, 0) is 18.6 Å². The molecule has 19 heavy (non-hydrogen) atoms. The maximum atomic E-state index is 11.2. The van der Waals surface area contributed by atoms with E-state index in [-0.39, 0.29) is 28.5 Å². The summed E-state index contributed by atoms with van der Waals surface area (Å²) >= 11 is -2.35. The van der Waals surface area contributed by atoms with Crippen LogP contribution in [0.25, 0.3) is 0 Å². The third-order valence-corrected chi connectivity index (χ3v) is 2.59. The molecular formula is C10H13N4O4S-. The van der Waals surface area contributed by atoms with Crippen LogP contribution in [-0.2, 0) is 21.7 Å². The average molecular weight is 285 g/mol. The summed E-state index contributed by atoms with van der Waals surface area (Å²) < 4.78 is 21.3. The van der Waals surface area contributed by atoms with Gasteiger partial charge in [0.15, 0.2) is 5.84 Å². The van der Waals surface area contributed by atoms with Crippen LogP contribution in [0, 0.1) is 0 Å². The fourth-order valence-electron chi connectivity index (χ4n) is 1.27. The normalized spacial score (nSPS) is 13.1. The van der Waals surface area contributed by atoms with Crippen molar-refractivity contribution in [2.75, 3.05) is 6.61 Å². The molecule has 1 aromatic rings. The van der Waals surface area contributed by atoms with E-state index in [4.69, 9.17) is 16.3 Å². The number of hydrogen-bond donors (Lipinski definition) is 2. The lowest BCUT2D eigenvalue weighted by Gasteiger charge is -2.09. The van der Waals surface area contributed by atoms with Gasteiger partial charge in [0.25, 0.3) is 5.91 Å². The van der Waals surface area contributed by atoms with E-state index in [2.05, 4.69) is 10.1 Å². The quantitative estimate of drug-likeness (QED) is 0.303. The lowest BCUT2D eigenvalue weighted by Crippen LogP contribution is -2.22. The minimum atomic E-state index is -2.35. The minimum Gasteiger partial charge on any atom is -0.772 e. The van der Waals surface area contributed by atoms with Crippen molar-refractivity contribution >= 4 is 22.8 Å². The Kier molecular flexibility index (Phi) is 5.39. The summed E-state index contributed by atoms with van der Waals surface area (Å²) in [5.41, 5.74) is 11.0. The zero-order valence-electron chi connectivity index (χ0n) is 10.2. The highest BCUT2D eigenvalue weighted by Gasteiger charge is 2.13. The molecule has 0 spiro atoms. The standard InChI is InChI=1S/C10H14N4O4S/c1-2-18-14-9(11)7-4-3-6(5-19(16)17)8(13-7)10(12)15/h3-4H,2,5H2,1H3,(H2,11,14)(H2,12,15)(H,16,17)/p-1. The van der Waals surface area contributed by atoms with E-state index in [1.165, 1.54) is 12.1 Å². The molecule has 0 fully saturated rings. The largest absolute Gasteiger partial charge is 0.772 e. The molecule has 0 aromatic carbocycles. The number of aromatic nitrogens is 1. The monoisotopic (exact) mass is 285 g/mol. The molecule has 1 rings (SSSR count). The number of carbonyl (C=O) groups is 1. The Labute approximate surface area is 112 Å². The number of carbonyl (C=O) groups excluding carboxylic acids is 1. The van der Waals surface area contributed by atoms with Gasteiger partial charge >= 0.3 is 0 Å². The number of oxime groups is 1. The molecular weight excluding hydrogens is 272 g/mol. The molecule has 0 saturated carbocycles. The summed E-state index contributed by atoms with van der Waals surface area (Å²) in [6.07, 6.45) is 0. The fraction of sp³-hybridized carbons (Fsp3) is 0.300. The van der Waals surface area contributed by atoms with E-state index in [0.29, 0.717) is 6.61 Å². The van der Waals surface area contributed by atoms with Gasteiger partial charge < -0.3 is 20.9 Å². The number of amidine groups is 1. The van der Waals surface area contributed by atoms with Gasteiger partial charge in [-0.3, -0.25) is 9.00 Å². The van der Waals surface area contributed by atoms with E-state index in [0.717, 1.165) is 0 Å². The van der Waals surface area contributed by atoms with Crippen molar-refractivity contribution in [3.8, 4) is 0 Å². The molecule has 0 aliphatic rings. The van der Waals surface area contributed by atoms with Crippen LogP contribution in [-0.4, -0.2) is 32.1 Å². The van der Waals surface area contributed by atoms with Crippen molar-refractivity contribution in [2.45, 2.75) is 12.7 Å². The second-order valence-corrected chi connectivity index (χ2v) is 4.31. The van der Waals surface area contributed by atoms with Gasteiger partial charge in [0.2, 0.25) is 0 Å². The zero-order chi connectivity index (χ0) is 14.4. The van der Waals surface area contributed by atoms with E-state index in [1.54, 1.807) is 6.92 Å². The number of nitrogens with zero attached hydrogens (tertiary/aromatic N) is 2. The van der Waals surface area contributed by atoms with E-state index in [1.807, 2.05) is 0 Å². The van der Waals surface area contributed by atoms with Crippen LogP contribution < -0.4 is 11.5 Å². The molecule has 8 nitrogen and oxygen atoms in total. The summed E-state index contributed by atoms with van der Waals surface area (Å²) in [4.78, 5) is 19.9. The zero-order valence-corrected chi connectivity index (χ0v) is 11.0. The molecule has 0 bridgehead atoms. The van der Waals surface area contributed by atoms with Gasteiger partial charge in [0.05, 0.1) is 0 Å². The van der Waals surface area contributed by atoms with Gasteiger partial charge in [-0.2, -0.15) is 0 Å². The Morgan fingerprint density at radius 3 is 2.74 bits per heavy atom. The number of nitrogens with two attached hydrogens (primary N) is 2. The number of pyridine rings is 1. The number of amides is 1. The molecule has 1 atom stereocenters. The van der Waals surface area contributed by atoms with Crippen LogP contribution in [0.15, 0.2) is 17.3 Å². The molecule has 0 saturated heterocycles. The van der Waals surface area contributed by atoms with Crippen molar-refractivity contribution in [1.29, 1.82) is 0 Å². The maximum absolute atomic E-state index is 11.2. The van der Waals surface area contributed by atoms with Gasteiger partial charge in [-0.15, -0.1) is 0 Å². The van der Waals surface area contributed by atoms with Crippen LogP contribution in [0.2, 0.25) is 0 Å². The van der Waals surface area contributed by atoms with Crippen LogP contribution in [0.4, 0.5) is 0 Å². The SMILES string of the molecule is CCO/N=C(\N)c1ccc(CS(=O)[O-])c(C(N)=O)n1. The van der Waals surface area contributed by atoms with Crippen molar-refractivity contribution in [2.24, 2.45) is 16.6 Å². The summed E-state index contributed by atoms with van der Waals surface area (Å²) in [7, 11) is 0. The first-order valence-corrected chi connectivity index (χ1v) is 6.51. The first kappa shape index (κ1) is 15.1. The molecule has 1 aromatic heterocycles. The van der Waals surface area contributed by atoms with E-state index in [9.17, 15) is 13.6 Å². The molecule has 0 radical (unpaired) electrons. The molecule has 1 heterocycles.